The minimum Gasteiger partial charge on any atom is -0.496 e. The van der Waals surface area contributed by atoms with E-state index in [1.54, 1.807) is 54.6 Å². The average Bonchev–Trinajstić information content (AvgIpc) is 2.82. The summed E-state index contributed by atoms with van der Waals surface area (Å²) in [6.45, 7) is 0. The molecule has 5 heteroatoms. The van der Waals surface area contributed by atoms with E-state index in [-0.39, 0.29) is 5.56 Å². The first-order valence-corrected chi connectivity index (χ1v) is 11.2. The lowest BCUT2D eigenvalue weighted by Gasteiger charge is -2.21. The van der Waals surface area contributed by atoms with Crippen molar-refractivity contribution in [3.8, 4) is 11.5 Å². The van der Waals surface area contributed by atoms with E-state index in [4.69, 9.17) is 9.47 Å². The molecule has 0 aliphatic rings. The molecule has 4 aromatic rings. The van der Waals surface area contributed by atoms with Crippen LogP contribution in [0.2, 0.25) is 0 Å². The third kappa shape index (κ3) is 3.20. The Morgan fingerprint density at radius 3 is 1.80 bits per heavy atom. The first kappa shape index (κ1) is 19.9. The van der Waals surface area contributed by atoms with Crippen LogP contribution >= 0.6 is 7.14 Å². The maximum Gasteiger partial charge on any atom is 0.237 e. The first-order chi connectivity index (χ1) is 14.6. The van der Waals surface area contributed by atoms with Gasteiger partial charge in [-0.3, -0.25) is 4.79 Å². The van der Waals surface area contributed by atoms with E-state index >= 15 is 0 Å². The largest absolute Gasteiger partial charge is 0.496 e. The number of carbonyl (C=O) groups is 1. The molecule has 150 valence electrons. The first-order valence-electron chi connectivity index (χ1n) is 9.51. The molecule has 0 heterocycles. The molecule has 0 spiro atoms. The van der Waals surface area contributed by atoms with Crippen LogP contribution in [-0.4, -0.2) is 19.7 Å². The monoisotopic (exact) mass is 416 g/mol. The molecule has 0 bridgehead atoms. The summed E-state index contributed by atoms with van der Waals surface area (Å²) in [5, 5.41) is 2.57. The predicted molar refractivity (Wildman–Crippen MR) is 121 cm³/mol. The Bertz CT molecular complexity index is 1210. The molecule has 0 amide bonds. The van der Waals surface area contributed by atoms with Gasteiger partial charge in [0.1, 0.15) is 17.1 Å². The summed E-state index contributed by atoms with van der Waals surface area (Å²) in [5.41, 5.74) is -0.325. The molecule has 0 aromatic heterocycles. The molecule has 4 nitrogen and oxygen atoms in total. The minimum atomic E-state index is -3.69. The SMILES string of the molecule is COc1cc2ccccc2c(OC)c1C(=O)P(=O)(c1ccccc1)c1ccccc1. The van der Waals surface area contributed by atoms with E-state index in [1.807, 2.05) is 36.4 Å². The van der Waals surface area contributed by atoms with Crippen molar-refractivity contribution < 1.29 is 18.8 Å². The second kappa shape index (κ2) is 8.17. The molecule has 0 radical (unpaired) electrons. The maximum absolute atomic E-state index is 14.5. The molecule has 0 atom stereocenters. The molecule has 0 aliphatic carbocycles. The molecule has 30 heavy (non-hydrogen) atoms. The van der Waals surface area contributed by atoms with Crippen LogP contribution in [0.4, 0.5) is 0 Å². The molecule has 4 rings (SSSR count). The zero-order valence-corrected chi connectivity index (χ0v) is 17.6. The lowest BCUT2D eigenvalue weighted by Crippen LogP contribution is -2.23. The molecular weight excluding hydrogens is 395 g/mol. The zero-order chi connectivity index (χ0) is 21.1. The van der Waals surface area contributed by atoms with Crippen LogP contribution in [-0.2, 0) is 4.57 Å². The average molecular weight is 416 g/mol. The Labute approximate surface area is 175 Å². The van der Waals surface area contributed by atoms with Crippen molar-refractivity contribution >= 4 is 34.0 Å². The van der Waals surface area contributed by atoms with Gasteiger partial charge < -0.3 is 14.0 Å². The number of benzene rings is 4. The second-order valence-corrected chi connectivity index (χ2v) is 9.45. The van der Waals surface area contributed by atoms with Gasteiger partial charge in [0.25, 0.3) is 0 Å². The summed E-state index contributed by atoms with van der Waals surface area (Å²) >= 11 is 0. The molecule has 0 fully saturated rings. The predicted octanol–water partition coefficient (Wildman–Crippen LogP) is 5.01. The van der Waals surface area contributed by atoms with Gasteiger partial charge in [-0.15, -0.1) is 0 Å². The van der Waals surface area contributed by atoms with E-state index in [0.717, 1.165) is 10.8 Å². The van der Waals surface area contributed by atoms with Gasteiger partial charge in [0.2, 0.25) is 12.7 Å². The van der Waals surface area contributed by atoms with Crippen molar-refractivity contribution in [2.75, 3.05) is 14.2 Å². The van der Waals surface area contributed by atoms with Crippen LogP contribution < -0.4 is 20.1 Å². The van der Waals surface area contributed by atoms with Gasteiger partial charge >= 0.3 is 0 Å². The summed E-state index contributed by atoms with van der Waals surface area (Å²) in [6.07, 6.45) is 0. The number of rotatable bonds is 6. The zero-order valence-electron chi connectivity index (χ0n) is 16.7. The number of carbonyl (C=O) groups excluding carboxylic acids is 1. The van der Waals surface area contributed by atoms with Crippen molar-refractivity contribution in [1.29, 1.82) is 0 Å². The van der Waals surface area contributed by atoms with Crippen LogP contribution in [0.5, 0.6) is 11.5 Å². The highest BCUT2D eigenvalue weighted by Gasteiger charge is 2.40. The third-order valence-electron chi connectivity index (χ3n) is 5.13. The van der Waals surface area contributed by atoms with Crippen molar-refractivity contribution in [1.82, 2.24) is 0 Å². The van der Waals surface area contributed by atoms with Gasteiger partial charge in [-0.2, -0.15) is 0 Å². The van der Waals surface area contributed by atoms with E-state index < -0.39 is 12.7 Å². The smallest absolute Gasteiger partial charge is 0.237 e. The van der Waals surface area contributed by atoms with Crippen LogP contribution in [0, 0.1) is 0 Å². The van der Waals surface area contributed by atoms with Gasteiger partial charge in [0.15, 0.2) is 0 Å². The highest BCUT2D eigenvalue weighted by Crippen LogP contribution is 2.51. The second-order valence-electron chi connectivity index (χ2n) is 6.79. The number of methoxy groups -OCH3 is 2. The van der Waals surface area contributed by atoms with Crippen LogP contribution in [0.15, 0.2) is 91.0 Å². The fourth-order valence-corrected chi connectivity index (χ4v) is 6.16. The van der Waals surface area contributed by atoms with Crippen molar-refractivity contribution in [2.24, 2.45) is 0 Å². The summed E-state index contributed by atoms with van der Waals surface area (Å²) in [4.78, 5) is 14.0. The van der Waals surface area contributed by atoms with Crippen molar-refractivity contribution in [2.45, 2.75) is 0 Å². The van der Waals surface area contributed by atoms with Crippen LogP contribution in [0.3, 0.4) is 0 Å². The minimum absolute atomic E-state index is 0.190. The van der Waals surface area contributed by atoms with E-state index in [1.165, 1.54) is 14.2 Å². The van der Waals surface area contributed by atoms with E-state index in [9.17, 15) is 9.36 Å². The lowest BCUT2D eigenvalue weighted by molar-refractivity contribution is 0.107. The number of ether oxygens (including phenoxy) is 2. The Kier molecular flexibility index (Phi) is 5.43. The Balaban J connectivity index is 2.05. The van der Waals surface area contributed by atoms with Crippen LogP contribution in [0.25, 0.3) is 10.8 Å². The molecule has 4 aromatic carbocycles. The van der Waals surface area contributed by atoms with Crippen molar-refractivity contribution in [3.63, 3.8) is 0 Å². The Morgan fingerprint density at radius 1 is 0.733 bits per heavy atom. The molecule has 0 N–H and O–H groups in total. The molecule has 0 saturated heterocycles. The number of hydrogen-bond donors (Lipinski definition) is 0. The summed E-state index contributed by atoms with van der Waals surface area (Å²) in [7, 11) is -0.690. The Morgan fingerprint density at radius 2 is 1.27 bits per heavy atom. The van der Waals surface area contributed by atoms with Gasteiger partial charge in [0.05, 0.1) is 14.2 Å². The van der Waals surface area contributed by atoms with Gasteiger partial charge in [-0.1, -0.05) is 84.9 Å². The molecule has 0 aliphatic heterocycles. The van der Waals surface area contributed by atoms with Gasteiger partial charge in [-0.05, 0) is 11.5 Å². The van der Waals surface area contributed by atoms with E-state index in [2.05, 4.69) is 0 Å². The van der Waals surface area contributed by atoms with Gasteiger partial charge in [0, 0.05) is 16.0 Å². The third-order valence-corrected chi connectivity index (χ3v) is 7.98. The maximum atomic E-state index is 14.5. The van der Waals surface area contributed by atoms with Crippen LogP contribution in [0.1, 0.15) is 10.4 Å². The summed E-state index contributed by atoms with van der Waals surface area (Å²) in [6, 6.07) is 27.1. The normalized spacial score (nSPS) is 11.3. The van der Waals surface area contributed by atoms with Crippen molar-refractivity contribution in [3.05, 3.63) is 96.6 Å². The number of hydrogen-bond acceptors (Lipinski definition) is 4. The highest BCUT2D eigenvalue weighted by molar-refractivity contribution is 7.93. The molecule has 0 saturated carbocycles. The van der Waals surface area contributed by atoms with Gasteiger partial charge in [-0.25, -0.2) is 0 Å². The van der Waals surface area contributed by atoms with E-state index in [0.29, 0.717) is 22.1 Å². The number of fused-ring (bicyclic) bond motifs is 1. The highest BCUT2D eigenvalue weighted by atomic mass is 31.2. The quantitative estimate of drug-likeness (QED) is 0.415. The summed E-state index contributed by atoms with van der Waals surface area (Å²) in [5.74, 6) is 0.699. The standard InChI is InChI=1S/C25H21O4P/c1-28-22-17-18-11-9-10-16-21(18)24(29-2)23(22)25(26)30(27,19-12-5-3-6-13-19)20-14-7-4-8-15-20/h3-17H,1-2H3. The lowest BCUT2D eigenvalue weighted by atomic mass is 10.0. The summed E-state index contributed by atoms with van der Waals surface area (Å²) < 4.78 is 25.8. The Hall–Kier alpha value is -3.36. The molecular formula is C25H21O4P. The topological polar surface area (TPSA) is 52.6 Å². The fraction of sp³-hybridized carbons (Fsp3) is 0.0800. The fourth-order valence-electron chi connectivity index (χ4n) is 3.68. The molecule has 0 unspecified atom stereocenters.